The smallest absolute Gasteiger partial charge is 0.265 e. The molecule has 0 fully saturated rings. The van der Waals surface area contributed by atoms with Crippen LogP contribution in [0.1, 0.15) is 30.9 Å². The minimum Gasteiger partial charge on any atom is -0.495 e. The van der Waals surface area contributed by atoms with Gasteiger partial charge in [0.1, 0.15) is 18.3 Å². The van der Waals surface area contributed by atoms with Crippen molar-refractivity contribution >= 4 is 50.7 Å². The lowest BCUT2D eigenvalue weighted by atomic mass is 10.0. The number of carbonyl (C=O) groups excluding carboxylic acids is 2. The Balaban J connectivity index is 1.87. The van der Waals surface area contributed by atoms with E-state index in [1.165, 1.54) is 56.6 Å². The van der Waals surface area contributed by atoms with Crippen molar-refractivity contribution in [3.8, 4) is 17.2 Å². The van der Waals surface area contributed by atoms with E-state index < -0.39 is 28.5 Å². The first-order chi connectivity index (χ1) is 24.0. The van der Waals surface area contributed by atoms with Gasteiger partial charge in [0.05, 0.1) is 31.9 Å². The monoisotopic (exact) mass is 741 g/mol. The second-order valence-electron chi connectivity index (χ2n) is 11.3. The molecule has 0 aliphatic heterocycles. The topological polar surface area (TPSA) is 114 Å². The van der Waals surface area contributed by atoms with E-state index in [-0.39, 0.29) is 46.0 Å². The van der Waals surface area contributed by atoms with Crippen molar-refractivity contribution in [1.82, 2.24) is 10.2 Å². The summed E-state index contributed by atoms with van der Waals surface area (Å²) in [5.74, 6) is -0.368. The lowest BCUT2D eigenvalue weighted by Gasteiger charge is -2.34. The second kappa shape index (κ2) is 18.0. The van der Waals surface area contributed by atoms with Gasteiger partial charge in [0.25, 0.3) is 10.0 Å². The van der Waals surface area contributed by atoms with Crippen molar-refractivity contribution < 1.29 is 32.2 Å². The molecule has 1 atom stereocenters. The van der Waals surface area contributed by atoms with Gasteiger partial charge in [0.2, 0.25) is 11.8 Å². The zero-order chi connectivity index (χ0) is 36.3. The highest BCUT2D eigenvalue weighted by molar-refractivity contribution is 7.92. The van der Waals surface area contributed by atoms with Crippen molar-refractivity contribution in [2.45, 2.75) is 43.7 Å². The van der Waals surface area contributed by atoms with Crippen LogP contribution in [0.25, 0.3) is 0 Å². The van der Waals surface area contributed by atoms with Gasteiger partial charge >= 0.3 is 0 Å². The number of rotatable bonds is 17. The Morgan fingerprint density at radius 3 is 2.10 bits per heavy atom. The first-order valence-electron chi connectivity index (χ1n) is 16.0. The molecule has 10 nitrogen and oxygen atoms in total. The van der Waals surface area contributed by atoms with Gasteiger partial charge in [-0.15, -0.1) is 0 Å². The van der Waals surface area contributed by atoms with Gasteiger partial charge in [-0.25, -0.2) is 8.42 Å². The highest BCUT2D eigenvalue weighted by Gasteiger charge is 2.36. The zero-order valence-electron chi connectivity index (χ0n) is 28.4. The Bertz CT molecular complexity index is 1880. The van der Waals surface area contributed by atoms with Crippen LogP contribution in [-0.2, 0) is 32.6 Å². The highest BCUT2D eigenvalue weighted by Crippen LogP contribution is 2.37. The summed E-state index contributed by atoms with van der Waals surface area (Å²) in [6.07, 6.45) is 1.78. The van der Waals surface area contributed by atoms with Gasteiger partial charge in [-0.3, -0.25) is 13.9 Å². The summed E-state index contributed by atoms with van der Waals surface area (Å²) in [4.78, 5) is 29.9. The van der Waals surface area contributed by atoms with Gasteiger partial charge in [-0.2, -0.15) is 0 Å². The molecule has 0 aliphatic carbocycles. The molecule has 0 heterocycles. The number of amides is 2. The summed E-state index contributed by atoms with van der Waals surface area (Å²) in [5, 5.41) is 3.64. The largest absolute Gasteiger partial charge is 0.495 e. The van der Waals surface area contributed by atoms with E-state index in [9.17, 15) is 18.0 Å². The molecule has 4 aromatic rings. The van der Waals surface area contributed by atoms with Gasteiger partial charge in [-0.1, -0.05) is 79.0 Å². The molecule has 0 aliphatic rings. The number of ether oxygens (including phenoxy) is 3. The Morgan fingerprint density at radius 1 is 0.780 bits per heavy atom. The van der Waals surface area contributed by atoms with E-state index in [2.05, 4.69) is 5.32 Å². The number of hydrogen-bond acceptors (Lipinski definition) is 7. The maximum absolute atomic E-state index is 14.8. The number of benzene rings is 4. The summed E-state index contributed by atoms with van der Waals surface area (Å²) >= 11 is 12.7. The van der Waals surface area contributed by atoms with Crippen molar-refractivity contribution in [2.24, 2.45) is 0 Å². The average molecular weight is 743 g/mol. The summed E-state index contributed by atoms with van der Waals surface area (Å²) in [7, 11) is -0.287. The maximum atomic E-state index is 14.8. The third-order valence-corrected chi connectivity index (χ3v) is 10.2. The number of nitrogens with one attached hydrogen (secondary N) is 1. The van der Waals surface area contributed by atoms with Gasteiger partial charge < -0.3 is 24.4 Å². The van der Waals surface area contributed by atoms with Crippen LogP contribution in [0.5, 0.6) is 17.2 Å². The molecule has 0 unspecified atom stereocenters. The zero-order valence-corrected chi connectivity index (χ0v) is 30.7. The summed E-state index contributed by atoms with van der Waals surface area (Å²) in [5.41, 5.74) is 1.50. The van der Waals surface area contributed by atoms with Crippen molar-refractivity contribution in [3.63, 3.8) is 0 Å². The lowest BCUT2D eigenvalue weighted by Crippen LogP contribution is -2.53. The third-order valence-electron chi connectivity index (χ3n) is 7.97. The Kier molecular flexibility index (Phi) is 13.8. The first kappa shape index (κ1) is 38.4. The fraction of sp³-hybridized carbons (Fsp3) is 0.297. The molecular formula is C37H41Cl2N3O7S. The Labute approximate surface area is 303 Å². The van der Waals surface area contributed by atoms with Crippen LogP contribution in [0.3, 0.4) is 0 Å². The van der Waals surface area contributed by atoms with E-state index in [1.54, 1.807) is 30.3 Å². The van der Waals surface area contributed by atoms with E-state index in [4.69, 9.17) is 37.4 Å². The molecule has 0 aromatic heterocycles. The molecule has 4 aromatic carbocycles. The minimum absolute atomic E-state index is 0.0258. The van der Waals surface area contributed by atoms with Gasteiger partial charge in [0, 0.05) is 35.6 Å². The highest BCUT2D eigenvalue weighted by atomic mass is 35.5. The summed E-state index contributed by atoms with van der Waals surface area (Å²) in [6, 6.07) is 23.9. The van der Waals surface area contributed by atoms with Crippen LogP contribution >= 0.6 is 23.2 Å². The van der Waals surface area contributed by atoms with E-state index in [0.29, 0.717) is 22.9 Å². The fourth-order valence-electron chi connectivity index (χ4n) is 5.37. The van der Waals surface area contributed by atoms with Crippen LogP contribution in [0.2, 0.25) is 10.0 Å². The van der Waals surface area contributed by atoms with Crippen LogP contribution in [0.15, 0.2) is 95.9 Å². The fourth-order valence-corrected chi connectivity index (χ4v) is 7.18. The Hall–Kier alpha value is -4.45. The van der Waals surface area contributed by atoms with Crippen molar-refractivity contribution in [3.05, 3.63) is 112 Å². The van der Waals surface area contributed by atoms with E-state index >= 15 is 0 Å². The number of anilines is 1. The molecular weight excluding hydrogens is 701 g/mol. The molecule has 0 bridgehead atoms. The molecule has 266 valence electrons. The van der Waals surface area contributed by atoms with Gasteiger partial charge in [0.15, 0.2) is 11.5 Å². The number of nitrogens with zero attached hydrogens (tertiary/aromatic N) is 2. The van der Waals surface area contributed by atoms with E-state index in [0.717, 1.165) is 22.7 Å². The molecule has 0 saturated carbocycles. The summed E-state index contributed by atoms with van der Waals surface area (Å²) in [6.45, 7) is 1.69. The predicted molar refractivity (Wildman–Crippen MR) is 196 cm³/mol. The standard InChI is InChI=1S/C37H41Cl2N3O7S/c1-5-6-19-40-37(44)32(21-26-11-8-7-9-12-26)41(24-27-13-10-14-28(38)20-27)36(43)25-42(31-22-29(39)15-17-33(31)47-2)50(45,46)30-16-18-34(48-3)35(23-30)49-4/h7-18,20,22-23,32H,5-6,19,21,24-25H2,1-4H3,(H,40,44)/t32-/m1/s1. The molecule has 2 amide bonds. The SMILES string of the molecule is CCCCNC(=O)[C@@H](Cc1ccccc1)N(Cc1cccc(Cl)c1)C(=O)CN(c1cc(Cl)ccc1OC)S(=O)(=O)c1ccc(OC)c(OC)c1. The molecule has 0 radical (unpaired) electrons. The molecule has 1 N–H and O–H groups in total. The molecule has 4 rings (SSSR count). The summed E-state index contributed by atoms with van der Waals surface area (Å²) < 4.78 is 46.3. The Morgan fingerprint density at radius 2 is 1.44 bits per heavy atom. The van der Waals surface area contributed by atoms with Gasteiger partial charge in [-0.05, 0) is 60.0 Å². The number of halogens is 2. The van der Waals surface area contributed by atoms with Crippen LogP contribution < -0.4 is 23.8 Å². The second-order valence-corrected chi connectivity index (χ2v) is 14.1. The number of unbranched alkanes of at least 4 members (excludes halogenated alkanes) is 1. The van der Waals surface area contributed by atoms with Crippen molar-refractivity contribution in [2.75, 3.05) is 38.7 Å². The molecule has 0 spiro atoms. The minimum atomic E-state index is -4.50. The quantitative estimate of drug-likeness (QED) is 0.119. The number of carbonyl (C=O) groups is 2. The third kappa shape index (κ3) is 9.62. The molecule has 50 heavy (non-hydrogen) atoms. The van der Waals surface area contributed by atoms with Crippen molar-refractivity contribution in [1.29, 1.82) is 0 Å². The normalized spacial score (nSPS) is 11.7. The maximum Gasteiger partial charge on any atom is 0.265 e. The van der Waals surface area contributed by atoms with E-state index in [1.807, 2.05) is 37.3 Å². The van der Waals surface area contributed by atoms with Crippen LogP contribution in [0, 0.1) is 0 Å². The number of methoxy groups -OCH3 is 3. The molecule has 13 heteroatoms. The predicted octanol–water partition coefficient (Wildman–Crippen LogP) is 6.77. The number of hydrogen-bond donors (Lipinski definition) is 1. The first-order valence-corrected chi connectivity index (χ1v) is 18.2. The average Bonchev–Trinajstić information content (AvgIpc) is 3.12. The number of sulfonamides is 1. The lowest BCUT2D eigenvalue weighted by molar-refractivity contribution is -0.140. The van der Waals surface area contributed by atoms with Crippen LogP contribution in [0.4, 0.5) is 5.69 Å². The van der Waals surface area contributed by atoms with Crippen LogP contribution in [-0.4, -0.2) is 65.6 Å². The molecule has 0 saturated heterocycles.